The van der Waals surface area contributed by atoms with Gasteiger partial charge in [-0.25, -0.2) is 10.7 Å². The van der Waals surface area contributed by atoms with Crippen LogP contribution in [0, 0.1) is 0 Å². The molecule has 20 heavy (non-hydrogen) atoms. The van der Waals surface area contributed by atoms with Gasteiger partial charge in [0.2, 0.25) is 0 Å². The molecular weight excluding hydrogens is 280 g/mol. The molecule has 0 radical (unpaired) electrons. The van der Waals surface area contributed by atoms with Crippen molar-refractivity contribution in [2.75, 3.05) is 11.9 Å². The molecule has 0 bridgehead atoms. The lowest BCUT2D eigenvalue weighted by Crippen LogP contribution is -2.27. The van der Waals surface area contributed by atoms with Crippen LogP contribution in [0.15, 0.2) is 18.2 Å². The van der Waals surface area contributed by atoms with Crippen molar-refractivity contribution in [3.8, 4) is 0 Å². The third-order valence-electron chi connectivity index (χ3n) is 2.54. The summed E-state index contributed by atoms with van der Waals surface area (Å²) < 4.78 is 5.17. The highest BCUT2D eigenvalue weighted by Crippen LogP contribution is 2.27. The zero-order valence-electron chi connectivity index (χ0n) is 12.2. The van der Waals surface area contributed by atoms with Crippen molar-refractivity contribution in [3.05, 3.63) is 28.8 Å². The lowest BCUT2D eigenvalue weighted by molar-refractivity contribution is 0.0636. The molecular formula is C14H21ClN2O3. The lowest BCUT2D eigenvalue weighted by Gasteiger charge is -2.20. The largest absolute Gasteiger partial charge is 0.444 e. The average molecular weight is 301 g/mol. The van der Waals surface area contributed by atoms with Gasteiger partial charge in [-0.1, -0.05) is 24.6 Å². The molecule has 1 aromatic carbocycles. The Labute approximate surface area is 124 Å². The molecule has 0 fully saturated rings. The Balaban J connectivity index is 2.76. The van der Waals surface area contributed by atoms with Crippen LogP contribution in [-0.4, -0.2) is 18.3 Å². The molecule has 3 N–H and O–H groups in total. The summed E-state index contributed by atoms with van der Waals surface area (Å²) in [5, 5.41) is 3.06. The zero-order chi connectivity index (χ0) is 15.3. The van der Waals surface area contributed by atoms with Crippen LogP contribution in [0.1, 0.15) is 39.2 Å². The van der Waals surface area contributed by atoms with Gasteiger partial charge in [0.05, 0.1) is 17.3 Å². The quantitative estimate of drug-likeness (QED) is 0.832. The fraction of sp³-hybridized carbons (Fsp3) is 0.500. The molecule has 0 heterocycles. The molecule has 112 valence electrons. The summed E-state index contributed by atoms with van der Waals surface area (Å²) in [6.45, 7) is 7.76. The molecule has 1 atom stereocenters. The molecule has 1 aromatic rings. The number of rotatable bonds is 4. The molecule has 0 spiro atoms. The molecule has 0 saturated carbocycles. The summed E-state index contributed by atoms with van der Waals surface area (Å²) in [6.07, 6.45) is -0.537. The second-order valence-corrected chi connectivity index (χ2v) is 6.01. The maximum Gasteiger partial charge on any atom is 0.412 e. The second-order valence-electron chi connectivity index (χ2n) is 5.60. The third kappa shape index (κ3) is 5.36. The number of halogens is 1. The van der Waals surface area contributed by atoms with Crippen molar-refractivity contribution in [2.45, 2.75) is 39.2 Å². The summed E-state index contributed by atoms with van der Waals surface area (Å²) in [7, 11) is 0. The van der Waals surface area contributed by atoms with Gasteiger partial charge in [0.1, 0.15) is 5.60 Å². The monoisotopic (exact) mass is 300 g/mol. The minimum atomic E-state index is -0.552. The fourth-order valence-electron chi connectivity index (χ4n) is 1.59. The van der Waals surface area contributed by atoms with Crippen molar-refractivity contribution in [1.82, 2.24) is 0 Å². The highest BCUT2D eigenvalue weighted by molar-refractivity contribution is 6.33. The van der Waals surface area contributed by atoms with Crippen molar-refractivity contribution in [2.24, 2.45) is 5.90 Å². The minimum Gasteiger partial charge on any atom is -0.444 e. The van der Waals surface area contributed by atoms with E-state index in [0.29, 0.717) is 17.3 Å². The first-order chi connectivity index (χ1) is 9.23. The number of amides is 1. The Hall–Kier alpha value is -1.30. The van der Waals surface area contributed by atoms with Gasteiger partial charge in [0.25, 0.3) is 0 Å². The van der Waals surface area contributed by atoms with Crippen LogP contribution in [0.4, 0.5) is 10.5 Å². The van der Waals surface area contributed by atoms with Gasteiger partial charge >= 0.3 is 6.09 Å². The van der Waals surface area contributed by atoms with E-state index in [-0.39, 0.29) is 5.92 Å². The Morgan fingerprint density at radius 3 is 2.60 bits per heavy atom. The van der Waals surface area contributed by atoms with E-state index in [1.54, 1.807) is 32.9 Å². The van der Waals surface area contributed by atoms with E-state index in [1.807, 2.05) is 13.0 Å². The summed E-state index contributed by atoms with van der Waals surface area (Å²) in [4.78, 5) is 16.3. The van der Waals surface area contributed by atoms with Crippen LogP contribution in [0.3, 0.4) is 0 Å². The normalized spacial score (nSPS) is 12.9. The number of anilines is 1. The van der Waals surface area contributed by atoms with Crippen molar-refractivity contribution in [3.63, 3.8) is 0 Å². The zero-order valence-corrected chi connectivity index (χ0v) is 13.0. The van der Waals surface area contributed by atoms with Gasteiger partial charge in [-0.3, -0.25) is 5.32 Å². The number of hydrogen-bond acceptors (Lipinski definition) is 4. The van der Waals surface area contributed by atoms with Crippen LogP contribution in [0.25, 0.3) is 0 Å². The first-order valence-corrected chi connectivity index (χ1v) is 6.72. The highest BCUT2D eigenvalue weighted by Gasteiger charge is 2.17. The smallest absolute Gasteiger partial charge is 0.412 e. The SMILES string of the molecule is CC(CON)c1ccc(NC(=O)OC(C)(C)C)c(Cl)c1. The van der Waals surface area contributed by atoms with E-state index in [0.717, 1.165) is 5.56 Å². The van der Waals surface area contributed by atoms with Gasteiger partial charge < -0.3 is 9.57 Å². The van der Waals surface area contributed by atoms with E-state index in [9.17, 15) is 4.79 Å². The van der Waals surface area contributed by atoms with Gasteiger partial charge in [-0.05, 0) is 38.5 Å². The van der Waals surface area contributed by atoms with Gasteiger partial charge in [-0.2, -0.15) is 0 Å². The summed E-state index contributed by atoms with van der Waals surface area (Å²) in [6, 6.07) is 5.37. The van der Waals surface area contributed by atoms with Crippen LogP contribution in [0.5, 0.6) is 0 Å². The maximum absolute atomic E-state index is 11.7. The summed E-state index contributed by atoms with van der Waals surface area (Å²) in [5.41, 5.74) is 0.935. The Morgan fingerprint density at radius 2 is 2.10 bits per heavy atom. The number of nitrogens with two attached hydrogens (primary N) is 1. The van der Waals surface area contributed by atoms with E-state index >= 15 is 0 Å². The Morgan fingerprint density at radius 1 is 1.45 bits per heavy atom. The molecule has 0 aliphatic carbocycles. The number of ether oxygens (including phenoxy) is 1. The first-order valence-electron chi connectivity index (χ1n) is 6.34. The Bertz CT molecular complexity index is 472. The third-order valence-corrected chi connectivity index (χ3v) is 2.86. The molecule has 5 nitrogen and oxygen atoms in total. The predicted molar refractivity (Wildman–Crippen MR) is 79.9 cm³/mol. The number of hydrogen-bond donors (Lipinski definition) is 2. The molecule has 0 aliphatic rings. The van der Waals surface area contributed by atoms with Crippen LogP contribution in [-0.2, 0) is 9.57 Å². The standard InChI is InChI=1S/C14H21ClN2O3/c1-9(8-19-16)10-5-6-12(11(15)7-10)17-13(18)20-14(2,3)4/h5-7,9H,8,16H2,1-4H3,(H,17,18). The molecule has 1 unspecified atom stereocenters. The second kappa shape index (κ2) is 6.92. The van der Waals surface area contributed by atoms with E-state index in [2.05, 4.69) is 10.2 Å². The summed E-state index contributed by atoms with van der Waals surface area (Å²) >= 11 is 6.15. The first kappa shape index (κ1) is 16.8. The van der Waals surface area contributed by atoms with Crippen LogP contribution in [0.2, 0.25) is 5.02 Å². The van der Waals surface area contributed by atoms with Crippen LogP contribution < -0.4 is 11.2 Å². The predicted octanol–water partition coefficient (Wildman–Crippen LogP) is 3.68. The lowest BCUT2D eigenvalue weighted by atomic mass is 10.0. The van der Waals surface area contributed by atoms with Gasteiger partial charge in [0, 0.05) is 5.92 Å². The molecule has 1 rings (SSSR count). The molecule has 0 aromatic heterocycles. The van der Waals surface area contributed by atoms with Crippen molar-refractivity contribution >= 4 is 23.4 Å². The van der Waals surface area contributed by atoms with E-state index in [1.165, 1.54) is 0 Å². The number of benzene rings is 1. The number of carbonyl (C=O) groups excluding carboxylic acids is 1. The van der Waals surface area contributed by atoms with Crippen molar-refractivity contribution < 1.29 is 14.4 Å². The minimum absolute atomic E-state index is 0.119. The highest BCUT2D eigenvalue weighted by atomic mass is 35.5. The van der Waals surface area contributed by atoms with Crippen molar-refractivity contribution in [1.29, 1.82) is 0 Å². The molecule has 1 amide bonds. The fourth-order valence-corrected chi connectivity index (χ4v) is 1.83. The summed E-state index contributed by atoms with van der Waals surface area (Å²) in [5.74, 6) is 5.17. The Kier molecular flexibility index (Phi) is 5.80. The average Bonchev–Trinajstić information content (AvgIpc) is 2.29. The van der Waals surface area contributed by atoms with Gasteiger partial charge in [0.15, 0.2) is 0 Å². The molecule has 6 heteroatoms. The molecule has 0 aliphatic heterocycles. The molecule has 0 saturated heterocycles. The topological polar surface area (TPSA) is 73.6 Å². The van der Waals surface area contributed by atoms with E-state index < -0.39 is 11.7 Å². The van der Waals surface area contributed by atoms with Gasteiger partial charge in [-0.15, -0.1) is 0 Å². The number of nitrogens with one attached hydrogen (secondary N) is 1. The number of carbonyl (C=O) groups is 1. The van der Waals surface area contributed by atoms with Crippen LogP contribution >= 0.6 is 11.6 Å². The van der Waals surface area contributed by atoms with E-state index in [4.69, 9.17) is 22.2 Å². The maximum atomic E-state index is 11.7.